The maximum absolute atomic E-state index is 12.7. The van der Waals surface area contributed by atoms with Crippen LogP contribution in [0.25, 0.3) is 0 Å². The molecule has 1 aromatic carbocycles. The van der Waals surface area contributed by atoms with Crippen molar-refractivity contribution in [1.29, 1.82) is 0 Å². The van der Waals surface area contributed by atoms with Gasteiger partial charge >= 0.3 is 0 Å². The summed E-state index contributed by atoms with van der Waals surface area (Å²) in [6.07, 6.45) is 3.56. The number of imidazole rings is 1. The third kappa shape index (κ3) is 2.47. The highest BCUT2D eigenvalue weighted by atomic mass is 79.9. The number of nitrogens with zero attached hydrogens (tertiary/aromatic N) is 2. The lowest BCUT2D eigenvalue weighted by molar-refractivity contribution is 0.584. The van der Waals surface area contributed by atoms with E-state index in [1.807, 2.05) is 19.9 Å². The Balaban J connectivity index is 2.67. The molecule has 0 saturated carbocycles. The molecule has 0 aliphatic carbocycles. The standard InChI is InChI=1S/C13H15BrN2O2S/c1-4-13-15-5-6-16(13)19(17,18)12-8-11(14)9(2)7-10(12)3/h5-8H,4H2,1-3H3. The van der Waals surface area contributed by atoms with Gasteiger partial charge in [-0.05, 0) is 31.0 Å². The maximum Gasteiger partial charge on any atom is 0.269 e. The van der Waals surface area contributed by atoms with Gasteiger partial charge in [-0.3, -0.25) is 0 Å². The summed E-state index contributed by atoms with van der Waals surface area (Å²) in [5, 5.41) is 0. The monoisotopic (exact) mass is 342 g/mol. The molecule has 19 heavy (non-hydrogen) atoms. The van der Waals surface area contributed by atoms with Crippen LogP contribution in [0.2, 0.25) is 0 Å². The molecule has 0 atom stereocenters. The first-order valence-electron chi connectivity index (χ1n) is 5.92. The summed E-state index contributed by atoms with van der Waals surface area (Å²) in [5.41, 5.74) is 1.74. The summed E-state index contributed by atoms with van der Waals surface area (Å²) in [6.45, 7) is 5.61. The lowest BCUT2D eigenvalue weighted by Gasteiger charge is -2.12. The molecular weight excluding hydrogens is 328 g/mol. The Morgan fingerprint density at radius 2 is 1.95 bits per heavy atom. The van der Waals surface area contributed by atoms with Crippen molar-refractivity contribution in [3.8, 4) is 0 Å². The average Bonchev–Trinajstić information content (AvgIpc) is 2.82. The van der Waals surface area contributed by atoms with Gasteiger partial charge in [-0.25, -0.2) is 17.4 Å². The van der Waals surface area contributed by atoms with Crippen molar-refractivity contribution in [3.05, 3.63) is 46.0 Å². The van der Waals surface area contributed by atoms with E-state index in [0.29, 0.717) is 17.1 Å². The van der Waals surface area contributed by atoms with Crippen molar-refractivity contribution in [2.45, 2.75) is 32.1 Å². The van der Waals surface area contributed by atoms with Crippen LogP contribution < -0.4 is 0 Å². The molecule has 6 heteroatoms. The lowest BCUT2D eigenvalue weighted by atomic mass is 10.2. The van der Waals surface area contributed by atoms with Gasteiger partial charge in [0.2, 0.25) is 0 Å². The van der Waals surface area contributed by atoms with E-state index in [-0.39, 0.29) is 0 Å². The molecule has 0 spiro atoms. The second kappa shape index (κ2) is 5.09. The molecule has 0 aliphatic heterocycles. The summed E-state index contributed by atoms with van der Waals surface area (Å²) in [5.74, 6) is 0.538. The fraction of sp³-hybridized carbons (Fsp3) is 0.308. The zero-order chi connectivity index (χ0) is 14.2. The maximum atomic E-state index is 12.7. The SMILES string of the molecule is CCc1nccn1S(=O)(=O)c1cc(Br)c(C)cc1C. The smallest absolute Gasteiger partial charge is 0.241 e. The van der Waals surface area contributed by atoms with Crippen molar-refractivity contribution in [2.75, 3.05) is 0 Å². The molecule has 0 saturated heterocycles. The Bertz CT molecular complexity index is 720. The van der Waals surface area contributed by atoms with Gasteiger partial charge in [0.25, 0.3) is 10.0 Å². The Kier molecular flexibility index (Phi) is 3.82. The van der Waals surface area contributed by atoms with E-state index in [0.717, 1.165) is 15.6 Å². The largest absolute Gasteiger partial charge is 0.269 e. The predicted molar refractivity (Wildman–Crippen MR) is 77.8 cm³/mol. The molecule has 0 N–H and O–H groups in total. The summed E-state index contributed by atoms with van der Waals surface area (Å²) in [6, 6.07) is 3.51. The molecule has 0 amide bonds. The van der Waals surface area contributed by atoms with Crippen LogP contribution in [0.4, 0.5) is 0 Å². The quantitative estimate of drug-likeness (QED) is 0.861. The van der Waals surface area contributed by atoms with Crippen molar-refractivity contribution < 1.29 is 8.42 Å². The Morgan fingerprint density at radius 3 is 2.58 bits per heavy atom. The highest BCUT2D eigenvalue weighted by Crippen LogP contribution is 2.26. The van der Waals surface area contributed by atoms with E-state index in [4.69, 9.17) is 0 Å². The summed E-state index contributed by atoms with van der Waals surface area (Å²) in [4.78, 5) is 4.37. The minimum Gasteiger partial charge on any atom is -0.241 e. The van der Waals surface area contributed by atoms with Gasteiger partial charge in [-0.1, -0.05) is 28.9 Å². The fourth-order valence-corrected chi connectivity index (χ4v) is 4.09. The molecule has 2 rings (SSSR count). The zero-order valence-electron chi connectivity index (χ0n) is 11.0. The van der Waals surface area contributed by atoms with Crippen LogP contribution in [0.3, 0.4) is 0 Å². The third-order valence-corrected chi connectivity index (χ3v) is 5.69. The van der Waals surface area contributed by atoms with Crippen LogP contribution in [0.15, 0.2) is 33.9 Å². The molecule has 0 bridgehead atoms. The van der Waals surface area contributed by atoms with Gasteiger partial charge in [0.05, 0.1) is 4.90 Å². The minimum absolute atomic E-state index is 0.303. The number of halogens is 1. The Hall–Kier alpha value is -1.14. The Labute approximate surface area is 121 Å². The fourth-order valence-electron chi connectivity index (χ4n) is 1.98. The molecule has 2 aromatic rings. The van der Waals surface area contributed by atoms with Gasteiger partial charge in [-0.2, -0.15) is 0 Å². The van der Waals surface area contributed by atoms with Crippen LogP contribution in [0.5, 0.6) is 0 Å². The van der Waals surface area contributed by atoms with Crippen LogP contribution >= 0.6 is 15.9 Å². The molecule has 102 valence electrons. The Morgan fingerprint density at radius 1 is 1.26 bits per heavy atom. The first-order valence-corrected chi connectivity index (χ1v) is 8.15. The highest BCUT2D eigenvalue weighted by molar-refractivity contribution is 9.10. The van der Waals surface area contributed by atoms with Crippen LogP contribution in [0, 0.1) is 13.8 Å². The van der Waals surface area contributed by atoms with E-state index in [1.54, 1.807) is 13.0 Å². The van der Waals surface area contributed by atoms with Crippen LogP contribution in [0.1, 0.15) is 23.9 Å². The van der Waals surface area contributed by atoms with Crippen molar-refractivity contribution in [1.82, 2.24) is 8.96 Å². The second-order valence-corrected chi connectivity index (χ2v) is 7.00. The van der Waals surface area contributed by atoms with E-state index < -0.39 is 10.0 Å². The molecule has 0 unspecified atom stereocenters. The number of rotatable bonds is 3. The molecule has 4 nitrogen and oxygen atoms in total. The first kappa shape index (κ1) is 14.3. The van der Waals surface area contributed by atoms with Crippen LogP contribution in [-0.4, -0.2) is 17.4 Å². The van der Waals surface area contributed by atoms with Gasteiger partial charge in [0.15, 0.2) is 0 Å². The summed E-state index contributed by atoms with van der Waals surface area (Å²) >= 11 is 3.38. The number of hydrogen-bond acceptors (Lipinski definition) is 3. The van der Waals surface area contributed by atoms with Crippen LogP contribution in [-0.2, 0) is 16.4 Å². The zero-order valence-corrected chi connectivity index (χ0v) is 13.4. The molecule has 1 aromatic heterocycles. The topological polar surface area (TPSA) is 52.0 Å². The molecule has 0 aliphatic rings. The van der Waals surface area contributed by atoms with Gasteiger partial charge in [-0.15, -0.1) is 0 Å². The van der Waals surface area contributed by atoms with E-state index >= 15 is 0 Å². The number of benzene rings is 1. The minimum atomic E-state index is -3.58. The lowest BCUT2D eigenvalue weighted by Crippen LogP contribution is -2.16. The normalized spacial score (nSPS) is 11.8. The summed E-state index contributed by atoms with van der Waals surface area (Å²) < 4.78 is 27.4. The third-order valence-electron chi connectivity index (χ3n) is 2.99. The van der Waals surface area contributed by atoms with Crippen molar-refractivity contribution >= 4 is 26.0 Å². The van der Waals surface area contributed by atoms with E-state index in [9.17, 15) is 8.42 Å². The van der Waals surface area contributed by atoms with Crippen molar-refractivity contribution in [2.24, 2.45) is 0 Å². The second-order valence-electron chi connectivity index (χ2n) is 4.36. The molecule has 0 fully saturated rings. The van der Waals surface area contributed by atoms with Gasteiger partial charge < -0.3 is 0 Å². The van der Waals surface area contributed by atoms with Gasteiger partial charge in [0, 0.05) is 23.3 Å². The average molecular weight is 343 g/mol. The molecular formula is C13H15BrN2O2S. The van der Waals surface area contributed by atoms with Gasteiger partial charge in [0.1, 0.15) is 5.82 Å². The highest BCUT2D eigenvalue weighted by Gasteiger charge is 2.22. The molecule has 0 radical (unpaired) electrons. The van der Waals surface area contributed by atoms with E-state index in [1.165, 1.54) is 16.4 Å². The molecule has 1 heterocycles. The van der Waals surface area contributed by atoms with Crippen molar-refractivity contribution in [3.63, 3.8) is 0 Å². The summed E-state index contributed by atoms with van der Waals surface area (Å²) in [7, 11) is -3.58. The number of aromatic nitrogens is 2. The first-order chi connectivity index (χ1) is 8.87. The number of aryl methyl sites for hydroxylation is 3. The predicted octanol–water partition coefficient (Wildman–Crippen LogP) is 3.06. The number of hydrogen-bond donors (Lipinski definition) is 0. The van der Waals surface area contributed by atoms with E-state index in [2.05, 4.69) is 20.9 Å².